The molecule has 0 fully saturated rings. The van der Waals surface area contributed by atoms with E-state index < -0.39 is 0 Å². The van der Waals surface area contributed by atoms with Gasteiger partial charge in [0.1, 0.15) is 0 Å². The minimum absolute atomic E-state index is 0.897. The summed E-state index contributed by atoms with van der Waals surface area (Å²) in [6, 6.07) is 15.0. The van der Waals surface area contributed by atoms with Crippen LogP contribution in [0.25, 0.3) is 0 Å². The first kappa shape index (κ1) is 15.7. The Morgan fingerprint density at radius 3 is 2.52 bits per heavy atom. The van der Waals surface area contributed by atoms with Gasteiger partial charge in [0.15, 0.2) is 0 Å². The number of hydrogen-bond acceptors (Lipinski definition) is 3. The van der Waals surface area contributed by atoms with Crippen molar-refractivity contribution >= 4 is 0 Å². The quantitative estimate of drug-likeness (QED) is 0.846. The van der Waals surface area contributed by atoms with Crippen LogP contribution in [0.4, 0.5) is 0 Å². The van der Waals surface area contributed by atoms with Crippen molar-refractivity contribution in [3.8, 4) is 0 Å². The zero-order valence-corrected chi connectivity index (χ0v) is 13.3. The Hall–Kier alpha value is -1.71. The maximum Gasteiger partial charge on any atom is 0.0547 e. The molecule has 2 aromatic rings. The third-order valence-electron chi connectivity index (χ3n) is 3.56. The number of rotatable bonds is 7. The number of nitrogens with one attached hydrogen (secondary N) is 1. The summed E-state index contributed by atoms with van der Waals surface area (Å²) < 4.78 is 0. The van der Waals surface area contributed by atoms with E-state index in [0.717, 1.165) is 37.6 Å². The summed E-state index contributed by atoms with van der Waals surface area (Å²) in [7, 11) is 1.98. The van der Waals surface area contributed by atoms with Gasteiger partial charge in [-0.2, -0.15) is 0 Å². The molecule has 0 atom stereocenters. The monoisotopic (exact) mass is 283 g/mol. The highest BCUT2D eigenvalue weighted by Gasteiger charge is 2.06. The van der Waals surface area contributed by atoms with Crippen molar-refractivity contribution in [3.05, 3.63) is 65.0 Å². The van der Waals surface area contributed by atoms with E-state index in [1.165, 1.54) is 11.1 Å². The Morgan fingerprint density at radius 2 is 1.81 bits per heavy atom. The van der Waals surface area contributed by atoms with Crippen LogP contribution in [0.15, 0.2) is 42.5 Å². The fourth-order valence-electron chi connectivity index (χ4n) is 2.50. The summed E-state index contributed by atoms with van der Waals surface area (Å²) in [4.78, 5) is 7.01. The lowest BCUT2D eigenvalue weighted by molar-refractivity contribution is 0.268. The first-order chi connectivity index (χ1) is 10.2. The third kappa shape index (κ3) is 4.96. The maximum absolute atomic E-state index is 4.60. The van der Waals surface area contributed by atoms with Crippen LogP contribution in [-0.2, 0) is 19.6 Å². The van der Waals surface area contributed by atoms with Crippen LogP contribution >= 0.6 is 0 Å². The smallest absolute Gasteiger partial charge is 0.0547 e. The van der Waals surface area contributed by atoms with Crippen LogP contribution in [0.5, 0.6) is 0 Å². The molecule has 0 unspecified atom stereocenters. The average Bonchev–Trinajstić information content (AvgIpc) is 2.47. The van der Waals surface area contributed by atoms with Crippen molar-refractivity contribution in [2.75, 3.05) is 13.6 Å². The van der Waals surface area contributed by atoms with E-state index in [4.69, 9.17) is 0 Å². The molecule has 3 heteroatoms. The first-order valence-corrected chi connectivity index (χ1v) is 7.58. The normalized spacial score (nSPS) is 11.0. The van der Waals surface area contributed by atoms with Crippen LogP contribution in [-0.4, -0.2) is 23.5 Å². The van der Waals surface area contributed by atoms with Gasteiger partial charge in [0.2, 0.25) is 0 Å². The van der Waals surface area contributed by atoms with E-state index in [1.807, 2.05) is 20.0 Å². The molecule has 0 saturated carbocycles. The molecule has 0 aliphatic heterocycles. The standard InChI is InChI=1S/C18H25N3/c1-4-21(14-18-10-5-7-15(2)20-18)13-17-9-6-8-16(11-17)12-19-3/h5-11,19H,4,12-14H2,1-3H3. The Labute approximate surface area is 128 Å². The molecule has 112 valence electrons. The van der Waals surface area contributed by atoms with E-state index in [1.54, 1.807) is 0 Å². The van der Waals surface area contributed by atoms with Crippen molar-refractivity contribution in [3.63, 3.8) is 0 Å². The molecule has 21 heavy (non-hydrogen) atoms. The van der Waals surface area contributed by atoms with Crippen LogP contribution in [0.3, 0.4) is 0 Å². The molecule has 0 aliphatic rings. The molecule has 3 nitrogen and oxygen atoms in total. The van der Waals surface area contributed by atoms with E-state index >= 15 is 0 Å². The van der Waals surface area contributed by atoms with Crippen molar-refractivity contribution in [1.29, 1.82) is 0 Å². The Kier molecular flexibility index (Phi) is 5.90. The third-order valence-corrected chi connectivity index (χ3v) is 3.56. The molecule has 1 N–H and O–H groups in total. The van der Waals surface area contributed by atoms with Gasteiger partial charge in [-0.15, -0.1) is 0 Å². The molecule has 0 spiro atoms. The summed E-state index contributed by atoms with van der Waals surface area (Å²) in [5, 5.41) is 3.20. The van der Waals surface area contributed by atoms with Crippen molar-refractivity contribution < 1.29 is 0 Å². The molecule has 0 radical (unpaired) electrons. The molecular formula is C18H25N3. The van der Waals surface area contributed by atoms with Crippen LogP contribution in [0, 0.1) is 6.92 Å². The number of nitrogens with zero attached hydrogens (tertiary/aromatic N) is 2. The number of pyridine rings is 1. The molecule has 1 aromatic carbocycles. The fraction of sp³-hybridized carbons (Fsp3) is 0.389. The number of aryl methyl sites for hydroxylation is 1. The summed E-state index contributed by atoms with van der Waals surface area (Å²) in [5.41, 5.74) is 4.92. The zero-order valence-electron chi connectivity index (χ0n) is 13.3. The van der Waals surface area contributed by atoms with Gasteiger partial charge in [-0.25, -0.2) is 0 Å². The first-order valence-electron chi connectivity index (χ1n) is 7.58. The molecular weight excluding hydrogens is 258 g/mol. The topological polar surface area (TPSA) is 28.2 Å². The highest BCUT2D eigenvalue weighted by atomic mass is 15.1. The summed E-state index contributed by atoms with van der Waals surface area (Å²) in [6.07, 6.45) is 0. The lowest BCUT2D eigenvalue weighted by Gasteiger charge is -2.20. The van der Waals surface area contributed by atoms with Gasteiger partial charge in [0.05, 0.1) is 5.69 Å². The van der Waals surface area contributed by atoms with Crippen molar-refractivity contribution in [1.82, 2.24) is 15.2 Å². The lowest BCUT2D eigenvalue weighted by Crippen LogP contribution is -2.23. The SMILES string of the molecule is CCN(Cc1cccc(CNC)c1)Cc1cccc(C)n1. The van der Waals surface area contributed by atoms with E-state index in [-0.39, 0.29) is 0 Å². The summed E-state index contributed by atoms with van der Waals surface area (Å²) in [6.45, 7) is 8.04. The molecule has 0 bridgehead atoms. The molecule has 0 saturated heterocycles. The molecule has 1 aromatic heterocycles. The van der Waals surface area contributed by atoms with E-state index in [2.05, 4.69) is 58.5 Å². The van der Waals surface area contributed by atoms with Gasteiger partial charge in [0.25, 0.3) is 0 Å². The maximum atomic E-state index is 4.60. The Bertz CT molecular complexity index is 566. The highest BCUT2D eigenvalue weighted by Crippen LogP contribution is 2.11. The number of benzene rings is 1. The van der Waals surface area contributed by atoms with Gasteiger partial charge in [0, 0.05) is 25.3 Å². The highest BCUT2D eigenvalue weighted by molar-refractivity contribution is 5.23. The van der Waals surface area contributed by atoms with Crippen LogP contribution < -0.4 is 5.32 Å². The molecule has 0 aliphatic carbocycles. The average molecular weight is 283 g/mol. The van der Waals surface area contributed by atoms with Crippen LogP contribution in [0.1, 0.15) is 29.4 Å². The van der Waals surface area contributed by atoms with Gasteiger partial charge in [-0.05, 0) is 43.8 Å². The molecule has 1 heterocycles. The number of aromatic nitrogens is 1. The minimum atomic E-state index is 0.897. The van der Waals surface area contributed by atoms with Gasteiger partial charge in [-0.3, -0.25) is 9.88 Å². The lowest BCUT2D eigenvalue weighted by atomic mass is 10.1. The molecule has 2 rings (SSSR count). The Morgan fingerprint density at radius 1 is 1.05 bits per heavy atom. The summed E-state index contributed by atoms with van der Waals surface area (Å²) >= 11 is 0. The largest absolute Gasteiger partial charge is 0.316 e. The molecule has 0 amide bonds. The predicted molar refractivity (Wildman–Crippen MR) is 88.0 cm³/mol. The zero-order chi connectivity index (χ0) is 15.1. The van der Waals surface area contributed by atoms with E-state index in [9.17, 15) is 0 Å². The van der Waals surface area contributed by atoms with E-state index in [0.29, 0.717) is 0 Å². The number of hydrogen-bond donors (Lipinski definition) is 1. The Balaban J connectivity index is 2.03. The predicted octanol–water partition coefficient (Wildman–Crippen LogP) is 3.13. The van der Waals surface area contributed by atoms with Gasteiger partial charge in [-0.1, -0.05) is 37.3 Å². The van der Waals surface area contributed by atoms with Crippen molar-refractivity contribution in [2.24, 2.45) is 0 Å². The second-order valence-electron chi connectivity index (χ2n) is 5.42. The van der Waals surface area contributed by atoms with Crippen molar-refractivity contribution in [2.45, 2.75) is 33.5 Å². The summed E-state index contributed by atoms with van der Waals surface area (Å²) in [5.74, 6) is 0. The fourth-order valence-corrected chi connectivity index (χ4v) is 2.50. The van der Waals surface area contributed by atoms with Gasteiger partial charge < -0.3 is 5.32 Å². The van der Waals surface area contributed by atoms with Crippen LogP contribution in [0.2, 0.25) is 0 Å². The van der Waals surface area contributed by atoms with Gasteiger partial charge >= 0.3 is 0 Å². The second-order valence-corrected chi connectivity index (χ2v) is 5.42. The second kappa shape index (κ2) is 7.91. The minimum Gasteiger partial charge on any atom is -0.316 e.